The predicted molar refractivity (Wildman–Crippen MR) is 107 cm³/mol. The van der Waals surface area contributed by atoms with E-state index in [0.29, 0.717) is 11.3 Å². The van der Waals surface area contributed by atoms with Crippen LogP contribution in [0, 0.1) is 6.92 Å². The molecule has 0 aliphatic rings. The lowest BCUT2D eigenvalue weighted by atomic mass is 9.98. The van der Waals surface area contributed by atoms with Crippen LogP contribution in [0.3, 0.4) is 0 Å². The van der Waals surface area contributed by atoms with Crippen molar-refractivity contribution in [2.45, 2.75) is 19.9 Å². The molecule has 0 saturated carbocycles. The van der Waals surface area contributed by atoms with Crippen LogP contribution in [-0.2, 0) is 9.53 Å². The smallest absolute Gasteiger partial charge is 0.339 e. The quantitative estimate of drug-likeness (QED) is 0.488. The van der Waals surface area contributed by atoms with E-state index in [1.807, 2.05) is 19.1 Å². The molecule has 0 bridgehead atoms. The van der Waals surface area contributed by atoms with Gasteiger partial charge in [-0.3, -0.25) is 9.59 Å². The first-order chi connectivity index (χ1) is 14.0. The van der Waals surface area contributed by atoms with Crippen molar-refractivity contribution in [3.63, 3.8) is 0 Å². The Kier molecular flexibility index (Phi) is 6.24. The van der Waals surface area contributed by atoms with Crippen molar-refractivity contribution in [3.05, 3.63) is 94.9 Å². The van der Waals surface area contributed by atoms with E-state index in [2.05, 4.69) is 5.32 Å². The molecular weight excluding hydrogens is 370 g/mol. The number of nitrogens with one attached hydrogen (secondary N) is 1. The number of esters is 1. The molecule has 1 heterocycles. The average molecular weight is 391 g/mol. The topological polar surface area (TPSA) is 85.6 Å². The Bertz CT molecular complexity index is 1010. The summed E-state index contributed by atoms with van der Waals surface area (Å²) in [7, 11) is 0. The van der Waals surface area contributed by atoms with E-state index in [0.717, 1.165) is 5.56 Å². The number of hydrogen-bond donors (Lipinski definition) is 1. The number of carbonyl (C=O) groups is 3. The fraction of sp³-hybridized carbons (Fsp3) is 0.174. The van der Waals surface area contributed by atoms with Crippen LogP contribution in [-0.4, -0.2) is 24.3 Å². The summed E-state index contributed by atoms with van der Waals surface area (Å²) in [4.78, 5) is 37.4. The van der Waals surface area contributed by atoms with Crippen molar-refractivity contribution in [1.82, 2.24) is 5.32 Å². The summed E-state index contributed by atoms with van der Waals surface area (Å²) in [6.45, 7) is 3.22. The first-order valence-corrected chi connectivity index (χ1v) is 9.16. The molecule has 29 heavy (non-hydrogen) atoms. The van der Waals surface area contributed by atoms with Gasteiger partial charge < -0.3 is 14.5 Å². The summed E-state index contributed by atoms with van der Waals surface area (Å²) < 4.78 is 10.3. The highest BCUT2D eigenvalue weighted by atomic mass is 16.5. The highest BCUT2D eigenvalue weighted by Gasteiger charge is 2.20. The number of rotatable bonds is 7. The van der Waals surface area contributed by atoms with E-state index >= 15 is 0 Å². The Labute approximate surface area is 168 Å². The third-order valence-electron chi connectivity index (χ3n) is 4.39. The van der Waals surface area contributed by atoms with E-state index < -0.39 is 18.5 Å². The maximum Gasteiger partial charge on any atom is 0.339 e. The zero-order valence-electron chi connectivity index (χ0n) is 16.2. The molecule has 0 unspecified atom stereocenters. The molecule has 1 atom stereocenters. The predicted octanol–water partition coefficient (Wildman–Crippen LogP) is 3.85. The van der Waals surface area contributed by atoms with Gasteiger partial charge in [0.05, 0.1) is 17.9 Å². The van der Waals surface area contributed by atoms with Gasteiger partial charge in [0, 0.05) is 11.1 Å². The summed E-state index contributed by atoms with van der Waals surface area (Å²) in [5.41, 5.74) is 1.85. The van der Waals surface area contributed by atoms with Crippen molar-refractivity contribution in [1.29, 1.82) is 0 Å². The molecule has 0 fully saturated rings. The van der Waals surface area contributed by atoms with Crippen LogP contribution < -0.4 is 5.32 Å². The summed E-state index contributed by atoms with van der Waals surface area (Å²) in [5.74, 6) is -0.890. The van der Waals surface area contributed by atoms with Crippen molar-refractivity contribution in [2.24, 2.45) is 0 Å². The Balaban J connectivity index is 1.66. The maximum atomic E-state index is 12.8. The van der Waals surface area contributed by atoms with E-state index in [-0.39, 0.29) is 23.0 Å². The van der Waals surface area contributed by atoms with E-state index in [1.54, 1.807) is 49.4 Å². The first-order valence-electron chi connectivity index (χ1n) is 9.16. The van der Waals surface area contributed by atoms with Crippen LogP contribution >= 0.6 is 0 Å². The highest BCUT2D eigenvalue weighted by molar-refractivity contribution is 6.14. The Morgan fingerprint density at radius 1 is 0.966 bits per heavy atom. The van der Waals surface area contributed by atoms with E-state index in [9.17, 15) is 14.4 Å². The number of benzene rings is 2. The number of amides is 1. The third-order valence-corrected chi connectivity index (χ3v) is 4.39. The van der Waals surface area contributed by atoms with Crippen LogP contribution in [0.5, 0.6) is 0 Å². The SMILES string of the molecule is Cc1ccc(C(=O)c2ccccc2C(=O)OCC(=O)N[C@H](C)c2ccco2)cc1. The second-order valence-corrected chi connectivity index (χ2v) is 6.62. The Morgan fingerprint density at radius 2 is 1.66 bits per heavy atom. The molecule has 148 valence electrons. The largest absolute Gasteiger partial charge is 0.467 e. The van der Waals surface area contributed by atoms with Gasteiger partial charge in [0.15, 0.2) is 12.4 Å². The van der Waals surface area contributed by atoms with Crippen molar-refractivity contribution < 1.29 is 23.5 Å². The molecule has 0 aliphatic heterocycles. The van der Waals surface area contributed by atoms with Gasteiger partial charge in [-0.1, -0.05) is 48.0 Å². The minimum atomic E-state index is -0.734. The lowest BCUT2D eigenvalue weighted by Crippen LogP contribution is -2.31. The van der Waals surface area contributed by atoms with Gasteiger partial charge in [0.25, 0.3) is 5.91 Å². The molecule has 6 heteroatoms. The lowest BCUT2D eigenvalue weighted by Gasteiger charge is -2.12. The van der Waals surface area contributed by atoms with Gasteiger partial charge in [-0.15, -0.1) is 0 Å². The van der Waals surface area contributed by atoms with Gasteiger partial charge in [0.1, 0.15) is 5.76 Å². The van der Waals surface area contributed by atoms with Gasteiger partial charge in [-0.2, -0.15) is 0 Å². The van der Waals surface area contributed by atoms with Crippen LogP contribution in [0.4, 0.5) is 0 Å². The molecule has 1 N–H and O–H groups in total. The molecule has 1 amide bonds. The molecule has 0 spiro atoms. The van der Waals surface area contributed by atoms with Crippen molar-refractivity contribution >= 4 is 17.7 Å². The molecule has 0 aliphatic carbocycles. The van der Waals surface area contributed by atoms with Gasteiger partial charge in [0.2, 0.25) is 0 Å². The number of hydrogen-bond acceptors (Lipinski definition) is 5. The zero-order valence-corrected chi connectivity index (χ0v) is 16.2. The standard InChI is InChI=1S/C23H21NO5/c1-15-9-11-17(12-10-15)22(26)18-6-3-4-7-19(18)23(27)29-14-21(25)24-16(2)20-8-5-13-28-20/h3-13,16H,14H2,1-2H3,(H,24,25)/t16-/m1/s1. The van der Waals surface area contributed by atoms with Crippen molar-refractivity contribution in [3.8, 4) is 0 Å². The monoisotopic (exact) mass is 391 g/mol. The highest BCUT2D eigenvalue weighted by Crippen LogP contribution is 2.17. The van der Waals surface area contributed by atoms with Gasteiger partial charge in [-0.25, -0.2) is 4.79 Å². The van der Waals surface area contributed by atoms with Gasteiger partial charge in [-0.05, 0) is 32.0 Å². The van der Waals surface area contributed by atoms with Crippen LogP contribution in [0.15, 0.2) is 71.3 Å². The van der Waals surface area contributed by atoms with E-state index in [4.69, 9.17) is 9.15 Å². The van der Waals surface area contributed by atoms with Crippen LogP contribution in [0.2, 0.25) is 0 Å². The lowest BCUT2D eigenvalue weighted by molar-refractivity contribution is -0.125. The fourth-order valence-corrected chi connectivity index (χ4v) is 2.82. The minimum absolute atomic E-state index is 0.116. The Morgan fingerprint density at radius 3 is 2.31 bits per heavy atom. The number of furan rings is 1. The minimum Gasteiger partial charge on any atom is -0.467 e. The molecular formula is C23H21NO5. The summed E-state index contributed by atoms with van der Waals surface area (Å²) in [6, 6.07) is 16.6. The molecule has 1 aromatic heterocycles. The Hall–Kier alpha value is -3.67. The third kappa shape index (κ3) is 4.99. The number of carbonyl (C=O) groups excluding carboxylic acids is 3. The summed E-state index contributed by atoms with van der Waals surface area (Å²) in [6.07, 6.45) is 1.51. The van der Waals surface area contributed by atoms with Crippen molar-refractivity contribution in [2.75, 3.05) is 6.61 Å². The molecule has 3 aromatic rings. The number of ketones is 1. The zero-order chi connectivity index (χ0) is 20.8. The van der Waals surface area contributed by atoms with E-state index in [1.165, 1.54) is 12.3 Å². The fourth-order valence-electron chi connectivity index (χ4n) is 2.82. The first kappa shape index (κ1) is 20.1. The molecule has 0 radical (unpaired) electrons. The second-order valence-electron chi connectivity index (χ2n) is 6.62. The molecule has 3 rings (SSSR count). The van der Waals surface area contributed by atoms with Gasteiger partial charge >= 0.3 is 5.97 Å². The summed E-state index contributed by atoms with van der Waals surface area (Å²) >= 11 is 0. The number of aryl methyl sites for hydroxylation is 1. The van der Waals surface area contributed by atoms with Crippen LogP contribution in [0.25, 0.3) is 0 Å². The van der Waals surface area contributed by atoms with Crippen LogP contribution in [0.1, 0.15) is 50.6 Å². The molecule has 6 nitrogen and oxygen atoms in total. The molecule has 2 aromatic carbocycles. The summed E-state index contributed by atoms with van der Waals surface area (Å²) in [5, 5.41) is 2.68. The normalized spacial score (nSPS) is 11.5. The average Bonchev–Trinajstić information content (AvgIpc) is 3.27. The number of ether oxygens (including phenoxy) is 1. The maximum absolute atomic E-state index is 12.8. The molecule has 0 saturated heterocycles. The second kappa shape index (κ2) is 9.01.